The molecule has 2 heterocycles. The minimum absolute atomic E-state index is 0.0907. The average molecular weight is 281 g/mol. The van der Waals surface area contributed by atoms with Gasteiger partial charge in [0, 0.05) is 6.54 Å². The molecular weight excluding hydrogens is 265 g/mol. The molecule has 1 N–H and O–H groups in total. The molecule has 1 saturated heterocycles. The minimum atomic E-state index is -0.560. The average Bonchev–Trinajstić information content (AvgIpc) is 2.74. The number of aliphatic hydroxyl groups excluding tert-OH is 1. The molecule has 108 valence electrons. The summed E-state index contributed by atoms with van der Waals surface area (Å²) in [6.07, 6.45) is -0.0841. The van der Waals surface area contributed by atoms with Crippen molar-refractivity contribution >= 4 is 5.91 Å². The molecule has 0 radical (unpaired) electrons. The Morgan fingerprint density at radius 3 is 3.00 bits per heavy atom. The molecule has 0 spiro atoms. The second kappa shape index (κ2) is 4.63. The van der Waals surface area contributed by atoms with Crippen LogP contribution in [0.4, 0.5) is 4.39 Å². The number of ether oxygens (including phenoxy) is 2. The number of aryl methyl sites for hydroxylation is 1. The summed E-state index contributed by atoms with van der Waals surface area (Å²) >= 11 is 0. The number of carbonyl (C=O) groups is 1. The zero-order valence-corrected chi connectivity index (χ0v) is 11.4. The van der Waals surface area contributed by atoms with Crippen molar-refractivity contribution in [2.75, 3.05) is 20.3 Å². The lowest BCUT2D eigenvalue weighted by molar-refractivity contribution is 0.0706. The molecule has 0 aromatic heterocycles. The zero-order valence-electron chi connectivity index (χ0n) is 11.4. The van der Waals surface area contributed by atoms with E-state index in [4.69, 9.17) is 9.47 Å². The summed E-state index contributed by atoms with van der Waals surface area (Å²) in [5.74, 6) is -0.655. The highest BCUT2D eigenvalue weighted by Crippen LogP contribution is 2.38. The van der Waals surface area contributed by atoms with Gasteiger partial charge in [0.25, 0.3) is 5.91 Å². The van der Waals surface area contributed by atoms with Gasteiger partial charge in [-0.25, -0.2) is 4.39 Å². The number of rotatable bonds is 1. The van der Waals surface area contributed by atoms with Crippen LogP contribution >= 0.6 is 0 Å². The van der Waals surface area contributed by atoms with Crippen LogP contribution in [0.3, 0.4) is 0 Å². The van der Waals surface area contributed by atoms with E-state index in [1.807, 2.05) is 0 Å². The van der Waals surface area contributed by atoms with Crippen LogP contribution < -0.4 is 9.47 Å². The van der Waals surface area contributed by atoms with E-state index in [0.717, 1.165) is 0 Å². The Labute approximate surface area is 115 Å². The van der Waals surface area contributed by atoms with Crippen LogP contribution in [0.15, 0.2) is 6.07 Å². The highest BCUT2D eigenvalue weighted by atomic mass is 19.1. The maximum absolute atomic E-state index is 14.1. The van der Waals surface area contributed by atoms with Gasteiger partial charge >= 0.3 is 0 Å². The number of carbonyl (C=O) groups excluding carboxylic acids is 1. The van der Waals surface area contributed by atoms with E-state index in [1.165, 1.54) is 18.1 Å². The molecule has 1 amide bonds. The number of fused-ring (bicyclic) bond motifs is 2. The summed E-state index contributed by atoms with van der Waals surface area (Å²) < 4.78 is 24.8. The molecule has 0 aliphatic carbocycles. The van der Waals surface area contributed by atoms with Gasteiger partial charge in [-0.3, -0.25) is 4.79 Å². The lowest BCUT2D eigenvalue weighted by Gasteiger charge is -2.20. The second-order valence-electron chi connectivity index (χ2n) is 5.23. The third-order valence-electron chi connectivity index (χ3n) is 3.87. The summed E-state index contributed by atoms with van der Waals surface area (Å²) in [4.78, 5) is 14.1. The Morgan fingerprint density at radius 1 is 1.55 bits per heavy atom. The Balaban J connectivity index is 2.13. The van der Waals surface area contributed by atoms with E-state index in [2.05, 4.69) is 0 Å². The van der Waals surface area contributed by atoms with Crippen molar-refractivity contribution in [3.63, 3.8) is 0 Å². The highest BCUT2D eigenvalue weighted by molar-refractivity contribution is 6.00. The summed E-state index contributed by atoms with van der Waals surface area (Å²) in [6, 6.07) is 1.34. The molecule has 1 aromatic rings. The highest BCUT2D eigenvalue weighted by Gasteiger charge is 2.40. The van der Waals surface area contributed by atoms with Crippen LogP contribution in [0.25, 0.3) is 0 Å². The van der Waals surface area contributed by atoms with Crippen LogP contribution in [0.1, 0.15) is 22.3 Å². The summed E-state index contributed by atoms with van der Waals surface area (Å²) in [7, 11) is 1.33. The molecule has 1 fully saturated rings. The van der Waals surface area contributed by atoms with Gasteiger partial charge in [0.1, 0.15) is 17.9 Å². The van der Waals surface area contributed by atoms with E-state index >= 15 is 0 Å². The molecule has 2 aliphatic heterocycles. The standard InChI is InChI=1S/C14H16FNO4/c1-7-3-10-11(13(19-2)12(7)15)14(18)16-5-9(17)4-8(16)6-20-10/h3,8-9,17H,4-6H2,1-2H3/t8-,9+/m1/s1. The number of hydrogen-bond acceptors (Lipinski definition) is 4. The van der Waals surface area contributed by atoms with Crippen LogP contribution in [-0.2, 0) is 0 Å². The first kappa shape index (κ1) is 13.2. The number of benzene rings is 1. The molecule has 3 rings (SSSR count). The molecule has 2 aliphatic rings. The Morgan fingerprint density at radius 2 is 2.30 bits per heavy atom. The maximum atomic E-state index is 14.1. The van der Waals surface area contributed by atoms with E-state index < -0.39 is 11.9 Å². The Kier molecular flexibility index (Phi) is 3.05. The Bertz CT molecular complexity index is 575. The molecule has 5 nitrogen and oxygen atoms in total. The lowest BCUT2D eigenvalue weighted by atomic mass is 10.1. The number of amides is 1. The lowest BCUT2D eigenvalue weighted by Crippen LogP contribution is -2.37. The van der Waals surface area contributed by atoms with Gasteiger partial charge in [0.05, 0.1) is 19.3 Å². The zero-order chi connectivity index (χ0) is 14.4. The number of hydrogen-bond donors (Lipinski definition) is 1. The van der Waals surface area contributed by atoms with Crippen molar-refractivity contribution in [2.24, 2.45) is 0 Å². The molecule has 20 heavy (non-hydrogen) atoms. The molecule has 0 unspecified atom stereocenters. The van der Waals surface area contributed by atoms with Gasteiger partial charge in [-0.15, -0.1) is 0 Å². The van der Waals surface area contributed by atoms with Crippen LogP contribution in [0.5, 0.6) is 11.5 Å². The van der Waals surface area contributed by atoms with Gasteiger partial charge in [-0.2, -0.15) is 0 Å². The summed E-state index contributed by atoms with van der Waals surface area (Å²) in [5.41, 5.74) is 0.475. The van der Waals surface area contributed by atoms with E-state index in [0.29, 0.717) is 24.3 Å². The van der Waals surface area contributed by atoms with E-state index in [-0.39, 0.29) is 29.8 Å². The first-order valence-corrected chi connectivity index (χ1v) is 6.51. The SMILES string of the molecule is COc1c(F)c(C)cc2c1C(=O)N1C[C@@H](O)C[C@@H]1CO2. The third kappa shape index (κ3) is 1.83. The van der Waals surface area contributed by atoms with Gasteiger partial charge in [-0.05, 0) is 25.0 Å². The van der Waals surface area contributed by atoms with Crippen LogP contribution in [0.2, 0.25) is 0 Å². The van der Waals surface area contributed by atoms with Gasteiger partial charge < -0.3 is 19.5 Å². The van der Waals surface area contributed by atoms with Gasteiger partial charge in [-0.1, -0.05) is 0 Å². The molecule has 1 aromatic carbocycles. The topological polar surface area (TPSA) is 59.0 Å². The number of methoxy groups -OCH3 is 1. The van der Waals surface area contributed by atoms with Crippen LogP contribution in [0, 0.1) is 12.7 Å². The third-order valence-corrected chi connectivity index (χ3v) is 3.87. The largest absolute Gasteiger partial charge is 0.493 e. The maximum Gasteiger partial charge on any atom is 0.261 e. The monoisotopic (exact) mass is 281 g/mol. The minimum Gasteiger partial charge on any atom is -0.493 e. The summed E-state index contributed by atoms with van der Waals surface area (Å²) in [5, 5.41) is 9.69. The predicted molar refractivity (Wildman–Crippen MR) is 68.6 cm³/mol. The van der Waals surface area contributed by atoms with Crippen molar-refractivity contribution in [1.29, 1.82) is 0 Å². The summed E-state index contributed by atoms with van der Waals surface area (Å²) in [6.45, 7) is 2.14. The molecule has 0 saturated carbocycles. The van der Waals surface area contributed by atoms with Crippen LogP contribution in [-0.4, -0.2) is 48.3 Å². The Hall–Kier alpha value is -1.82. The number of halogens is 1. The first-order valence-electron chi connectivity index (χ1n) is 6.51. The second-order valence-corrected chi connectivity index (χ2v) is 5.23. The normalized spacial score (nSPS) is 24.8. The van der Waals surface area contributed by atoms with Gasteiger partial charge in [0.2, 0.25) is 0 Å². The van der Waals surface area contributed by atoms with Crippen molar-refractivity contribution in [2.45, 2.75) is 25.5 Å². The van der Waals surface area contributed by atoms with Gasteiger partial charge in [0.15, 0.2) is 11.6 Å². The van der Waals surface area contributed by atoms with Crippen molar-refractivity contribution in [3.8, 4) is 11.5 Å². The molecule has 0 bridgehead atoms. The van der Waals surface area contributed by atoms with E-state index in [1.54, 1.807) is 6.92 Å². The fourth-order valence-corrected chi connectivity index (χ4v) is 2.87. The quantitative estimate of drug-likeness (QED) is 0.838. The predicted octanol–water partition coefficient (Wildman–Crippen LogP) is 1.11. The molecular formula is C14H16FNO4. The smallest absolute Gasteiger partial charge is 0.261 e. The number of nitrogens with zero attached hydrogens (tertiary/aromatic N) is 1. The van der Waals surface area contributed by atoms with Crippen molar-refractivity contribution in [3.05, 3.63) is 23.0 Å². The van der Waals surface area contributed by atoms with Crippen molar-refractivity contribution < 1.29 is 23.8 Å². The number of aliphatic hydroxyl groups is 1. The first-order chi connectivity index (χ1) is 9.52. The fourth-order valence-electron chi connectivity index (χ4n) is 2.87. The van der Waals surface area contributed by atoms with E-state index in [9.17, 15) is 14.3 Å². The fraction of sp³-hybridized carbons (Fsp3) is 0.500. The molecule has 6 heteroatoms. The van der Waals surface area contributed by atoms with Crippen molar-refractivity contribution in [1.82, 2.24) is 4.90 Å². The molecule has 2 atom stereocenters.